The van der Waals surface area contributed by atoms with E-state index in [1.165, 1.54) is 62.3 Å². The monoisotopic (exact) mass is 579 g/mol. The van der Waals surface area contributed by atoms with Gasteiger partial charge < -0.3 is 5.32 Å². The number of alkyl halides is 3. The number of aryl methyl sites for hydroxylation is 1. The van der Waals surface area contributed by atoms with E-state index in [0.717, 1.165) is 40.7 Å². The Kier molecular flexibility index (Phi) is 20.1. The van der Waals surface area contributed by atoms with Crippen molar-refractivity contribution < 1.29 is 13.2 Å². The zero-order valence-corrected chi connectivity index (χ0v) is 26.9. The number of hydrogen-bond acceptors (Lipinski definition) is 3. The van der Waals surface area contributed by atoms with E-state index in [2.05, 4.69) is 44.6 Å². The highest BCUT2D eigenvalue weighted by atomic mass is 32.1. The molecule has 7 heteroatoms. The average Bonchev–Trinajstić information content (AvgIpc) is 3.36. The topological polar surface area (TPSA) is 37.3 Å². The molecule has 40 heavy (non-hydrogen) atoms. The van der Waals surface area contributed by atoms with Crippen LogP contribution in [0.1, 0.15) is 122 Å². The highest BCUT2D eigenvalue weighted by molar-refractivity contribution is 7.13. The van der Waals surface area contributed by atoms with Gasteiger partial charge in [-0.25, -0.2) is 4.98 Å². The fourth-order valence-electron chi connectivity index (χ4n) is 3.54. The van der Waals surface area contributed by atoms with Crippen LogP contribution in [0.15, 0.2) is 48.1 Å². The molecule has 0 radical (unpaired) electrons. The second kappa shape index (κ2) is 21.4. The van der Waals surface area contributed by atoms with Gasteiger partial charge in [0.1, 0.15) is 0 Å². The third-order valence-corrected chi connectivity index (χ3v) is 7.06. The van der Waals surface area contributed by atoms with E-state index in [4.69, 9.17) is 4.99 Å². The van der Waals surface area contributed by atoms with E-state index >= 15 is 0 Å². The number of unbranched alkanes of at least 4 members (excludes halogenated alkanes) is 2. The Balaban J connectivity index is 0.00000132. The maximum absolute atomic E-state index is 13.1. The number of rotatable bonds is 7. The molecule has 0 aliphatic heterocycles. The van der Waals surface area contributed by atoms with Crippen molar-refractivity contribution in [3.63, 3.8) is 0 Å². The van der Waals surface area contributed by atoms with E-state index in [1.807, 2.05) is 33.8 Å². The second-order valence-electron chi connectivity index (χ2n) is 9.50. The Hall–Kier alpha value is -2.41. The average molecular weight is 580 g/mol. The Labute approximate surface area is 246 Å². The third-order valence-electron chi connectivity index (χ3n) is 6.02. The van der Waals surface area contributed by atoms with Gasteiger partial charge in [0.2, 0.25) is 0 Å². The Morgan fingerprint density at radius 2 is 1.62 bits per heavy atom. The van der Waals surface area contributed by atoms with E-state index in [9.17, 15) is 13.2 Å². The molecule has 1 aliphatic carbocycles. The van der Waals surface area contributed by atoms with Crippen LogP contribution in [0.2, 0.25) is 0 Å². The molecule has 1 saturated carbocycles. The maximum atomic E-state index is 13.1. The summed E-state index contributed by atoms with van der Waals surface area (Å²) < 4.78 is 39.3. The highest BCUT2D eigenvalue weighted by Crippen LogP contribution is 2.36. The van der Waals surface area contributed by atoms with Crippen molar-refractivity contribution >= 4 is 22.7 Å². The van der Waals surface area contributed by atoms with Crippen LogP contribution in [0, 0.1) is 6.92 Å². The maximum Gasteiger partial charge on any atom is 0.416 e. The van der Waals surface area contributed by atoms with Crippen LogP contribution in [0.5, 0.6) is 0 Å². The van der Waals surface area contributed by atoms with Crippen molar-refractivity contribution in [2.75, 3.05) is 0 Å². The number of amidine groups is 1. The number of allylic oxidation sites excluding steroid dienone is 2. The molecular formula is C33H52F3N3S. The first kappa shape index (κ1) is 37.6. The molecule has 0 bridgehead atoms. The number of nitrogens with zero attached hydrogens (tertiary/aromatic N) is 2. The summed E-state index contributed by atoms with van der Waals surface area (Å²) >= 11 is 1.42. The number of nitrogens with one attached hydrogen (secondary N) is 1. The van der Waals surface area contributed by atoms with Gasteiger partial charge in [0.25, 0.3) is 0 Å². The van der Waals surface area contributed by atoms with Gasteiger partial charge in [-0.05, 0) is 50.5 Å². The predicted molar refractivity (Wildman–Crippen MR) is 171 cm³/mol. The van der Waals surface area contributed by atoms with Gasteiger partial charge in [-0.1, -0.05) is 105 Å². The van der Waals surface area contributed by atoms with Crippen LogP contribution in [-0.4, -0.2) is 16.9 Å². The van der Waals surface area contributed by atoms with Crippen LogP contribution in [0.4, 0.5) is 13.2 Å². The van der Waals surface area contributed by atoms with E-state index in [1.54, 1.807) is 12.3 Å². The summed E-state index contributed by atoms with van der Waals surface area (Å²) in [6.07, 6.45) is 10.5. The zero-order valence-electron chi connectivity index (χ0n) is 26.0. The Bertz CT molecular complexity index is 1010. The molecule has 3 nitrogen and oxygen atoms in total. The molecule has 1 heterocycles. The molecule has 2 aromatic rings. The second-order valence-corrected chi connectivity index (χ2v) is 10.7. The zero-order chi connectivity index (χ0) is 30.6. The summed E-state index contributed by atoms with van der Waals surface area (Å²) in [4.78, 5) is 9.93. The van der Waals surface area contributed by atoms with Crippen molar-refractivity contribution in [2.24, 2.45) is 4.99 Å². The van der Waals surface area contributed by atoms with Crippen molar-refractivity contribution in [1.82, 2.24) is 10.3 Å². The quantitative estimate of drug-likeness (QED) is 0.201. The van der Waals surface area contributed by atoms with Gasteiger partial charge in [-0.15, -0.1) is 11.3 Å². The van der Waals surface area contributed by atoms with E-state index in [-0.39, 0.29) is 0 Å². The highest BCUT2D eigenvalue weighted by Gasteiger charge is 2.30. The largest absolute Gasteiger partial charge is 0.416 e. The molecule has 1 aromatic carbocycles. The number of hydrogen-bond donors (Lipinski definition) is 1. The summed E-state index contributed by atoms with van der Waals surface area (Å²) in [5, 5.41) is 3.94. The number of benzene rings is 1. The molecule has 0 amide bonds. The van der Waals surface area contributed by atoms with Crippen molar-refractivity contribution in [1.29, 1.82) is 0 Å². The molecule has 1 fully saturated rings. The van der Waals surface area contributed by atoms with Gasteiger partial charge in [0.05, 0.1) is 33.0 Å². The molecule has 226 valence electrons. The Morgan fingerprint density at radius 1 is 1.05 bits per heavy atom. The lowest BCUT2D eigenvalue weighted by atomic mass is 9.96. The molecule has 1 aliphatic rings. The minimum Gasteiger partial charge on any atom is -0.351 e. The van der Waals surface area contributed by atoms with E-state index in [0.29, 0.717) is 22.9 Å². The lowest BCUT2D eigenvalue weighted by Gasteiger charge is -2.18. The number of halogens is 3. The molecule has 1 aromatic heterocycles. The van der Waals surface area contributed by atoms with E-state index < -0.39 is 11.7 Å². The van der Waals surface area contributed by atoms with Gasteiger partial charge in [-0.3, -0.25) is 4.99 Å². The number of aliphatic imine (C=N–C) groups is 1. The van der Waals surface area contributed by atoms with Gasteiger partial charge in [0.15, 0.2) is 0 Å². The van der Waals surface area contributed by atoms with Gasteiger partial charge >= 0.3 is 6.18 Å². The molecule has 0 unspecified atom stereocenters. The lowest BCUT2D eigenvalue weighted by molar-refractivity contribution is -0.137. The van der Waals surface area contributed by atoms with Crippen LogP contribution in [0.25, 0.3) is 16.8 Å². The first-order valence-corrected chi connectivity index (χ1v) is 15.7. The van der Waals surface area contributed by atoms with Crippen molar-refractivity contribution in [3.05, 3.63) is 58.6 Å². The van der Waals surface area contributed by atoms with Crippen LogP contribution >= 0.6 is 11.3 Å². The summed E-state index contributed by atoms with van der Waals surface area (Å²) in [5.74, 6) is 0.851. The molecule has 0 atom stereocenters. The normalized spacial score (nSPS) is 13.8. The fourth-order valence-corrected chi connectivity index (χ4v) is 4.43. The summed E-state index contributed by atoms with van der Waals surface area (Å²) in [6.45, 7) is 20.6. The molecule has 0 spiro atoms. The predicted octanol–water partition coefficient (Wildman–Crippen LogP) is 11.6. The molecular weight excluding hydrogens is 527 g/mol. The first-order chi connectivity index (χ1) is 19.1. The minimum atomic E-state index is -4.39. The van der Waals surface area contributed by atoms with Crippen molar-refractivity contribution in [2.45, 2.75) is 125 Å². The summed E-state index contributed by atoms with van der Waals surface area (Å²) in [5.41, 5.74) is 0.951. The SMILES string of the molecule is C=C(/C=C\NC(C)=NC1CCCCC1)c1sc(C)nc1-c1cccc(C(F)(F)F)c1.CC.CCCC.CCCC. The van der Waals surface area contributed by atoms with Crippen LogP contribution in [-0.2, 0) is 6.18 Å². The lowest BCUT2D eigenvalue weighted by Crippen LogP contribution is -2.18. The summed E-state index contributed by atoms with van der Waals surface area (Å²) in [6, 6.07) is 5.63. The smallest absolute Gasteiger partial charge is 0.351 e. The van der Waals surface area contributed by atoms with Gasteiger partial charge in [-0.2, -0.15) is 13.2 Å². The molecule has 1 N–H and O–H groups in total. The van der Waals surface area contributed by atoms with Crippen molar-refractivity contribution in [3.8, 4) is 11.3 Å². The third kappa shape index (κ3) is 14.8. The standard InChI is InChI=1S/C23H26F3N3S.2C4H10.C2H6/c1-15(12-13-27-16(2)28-20-10-5-4-6-11-20)22-21(29-17(3)30-22)18-8-7-9-19(14-18)23(24,25)26;2*1-3-4-2;1-2/h7-9,12-14,20H,1,4-6,10-11H2,2-3H3,(H,27,28);2*3-4H2,1-2H3;1-2H3/b13-12-;;;. The van der Waals surface area contributed by atoms with Crippen LogP contribution in [0.3, 0.4) is 0 Å². The Morgan fingerprint density at radius 3 is 2.15 bits per heavy atom. The fraction of sp³-hybridized carbons (Fsp3) is 0.576. The first-order valence-electron chi connectivity index (χ1n) is 14.9. The van der Waals surface area contributed by atoms with Crippen LogP contribution < -0.4 is 5.32 Å². The molecule has 0 saturated heterocycles. The minimum absolute atomic E-state index is 0.388. The number of thiazole rings is 1. The number of aromatic nitrogens is 1. The van der Waals surface area contributed by atoms with Gasteiger partial charge in [0, 0.05) is 11.8 Å². The summed E-state index contributed by atoms with van der Waals surface area (Å²) in [7, 11) is 0. The molecule has 3 rings (SSSR count).